The van der Waals surface area contributed by atoms with E-state index in [4.69, 9.17) is 9.84 Å². The minimum absolute atomic E-state index is 0.0239. The van der Waals surface area contributed by atoms with E-state index in [1.54, 1.807) is 18.0 Å². The molecule has 1 amide bonds. The van der Waals surface area contributed by atoms with E-state index in [0.717, 1.165) is 28.4 Å². The number of allylic oxidation sites excluding steroid dienone is 3. The highest BCUT2D eigenvalue weighted by atomic mass is 32.2. The quantitative estimate of drug-likeness (QED) is 0.735. The van der Waals surface area contributed by atoms with Crippen LogP contribution in [0.4, 0.5) is 0 Å². The Kier molecular flexibility index (Phi) is 7.28. The molecular formula is C22H28N4O2S. The minimum Gasteiger partial charge on any atom is -0.378 e. The number of carbonyl (C=O) groups is 1. The van der Waals surface area contributed by atoms with Crippen molar-refractivity contribution in [3.05, 3.63) is 58.4 Å². The molecular weight excluding hydrogens is 384 g/mol. The summed E-state index contributed by atoms with van der Waals surface area (Å²) in [6.07, 6.45) is 5.95. The van der Waals surface area contributed by atoms with Crippen molar-refractivity contribution in [2.75, 3.05) is 26.3 Å². The van der Waals surface area contributed by atoms with Crippen LogP contribution in [0.3, 0.4) is 0 Å². The molecule has 0 atom stereocenters. The molecule has 2 aromatic rings. The third-order valence-corrected chi connectivity index (χ3v) is 5.99. The molecule has 2 aromatic heterocycles. The first kappa shape index (κ1) is 21.3. The van der Waals surface area contributed by atoms with Gasteiger partial charge >= 0.3 is 0 Å². The second-order valence-corrected chi connectivity index (χ2v) is 7.34. The van der Waals surface area contributed by atoms with Crippen LogP contribution in [0.5, 0.6) is 0 Å². The number of pyridine rings is 1. The smallest absolute Gasteiger partial charge is 0.274 e. The topological polar surface area (TPSA) is 60.3 Å². The van der Waals surface area contributed by atoms with E-state index in [9.17, 15) is 4.79 Å². The van der Waals surface area contributed by atoms with E-state index >= 15 is 0 Å². The van der Waals surface area contributed by atoms with Crippen molar-refractivity contribution in [3.8, 4) is 5.82 Å². The zero-order chi connectivity index (χ0) is 20.8. The van der Waals surface area contributed by atoms with Gasteiger partial charge in [0, 0.05) is 41.1 Å². The van der Waals surface area contributed by atoms with Gasteiger partial charge in [-0.05, 0) is 26.0 Å². The summed E-state index contributed by atoms with van der Waals surface area (Å²) in [5, 5.41) is 4.74. The van der Waals surface area contributed by atoms with Gasteiger partial charge < -0.3 is 9.64 Å². The Balaban J connectivity index is 0.00000117. The molecule has 0 N–H and O–H groups in total. The number of morpholine rings is 1. The maximum absolute atomic E-state index is 13.2. The molecule has 7 heteroatoms. The van der Waals surface area contributed by atoms with Crippen molar-refractivity contribution in [1.82, 2.24) is 19.7 Å². The van der Waals surface area contributed by atoms with Crippen LogP contribution >= 0.6 is 11.8 Å². The third-order valence-electron chi connectivity index (χ3n) is 4.79. The van der Waals surface area contributed by atoms with Crippen LogP contribution in [0.1, 0.15) is 49.4 Å². The van der Waals surface area contributed by atoms with Crippen molar-refractivity contribution in [3.63, 3.8) is 0 Å². The fourth-order valence-electron chi connectivity index (χ4n) is 3.46. The van der Waals surface area contributed by atoms with Crippen LogP contribution in [-0.2, 0) is 10.5 Å². The molecule has 0 aliphatic carbocycles. The Labute approximate surface area is 176 Å². The molecule has 0 unspecified atom stereocenters. The van der Waals surface area contributed by atoms with Gasteiger partial charge in [0.15, 0.2) is 11.5 Å². The number of aromatic nitrogens is 3. The number of ether oxygens (including phenoxy) is 1. The number of thioether (sulfide) groups is 1. The number of fused-ring (bicyclic) bond motifs is 1. The average Bonchev–Trinajstić information content (AvgIpc) is 3.20. The first-order valence-corrected chi connectivity index (χ1v) is 11.1. The average molecular weight is 413 g/mol. The van der Waals surface area contributed by atoms with Crippen LogP contribution in [-0.4, -0.2) is 51.9 Å². The molecule has 1 saturated heterocycles. The molecule has 4 heterocycles. The monoisotopic (exact) mass is 412 g/mol. The molecule has 0 aromatic carbocycles. The molecule has 0 radical (unpaired) electrons. The van der Waals surface area contributed by atoms with Gasteiger partial charge in [0.05, 0.1) is 18.9 Å². The van der Waals surface area contributed by atoms with E-state index < -0.39 is 0 Å². The van der Waals surface area contributed by atoms with Crippen molar-refractivity contribution in [2.45, 2.75) is 33.4 Å². The van der Waals surface area contributed by atoms with Gasteiger partial charge in [0.2, 0.25) is 0 Å². The molecule has 29 heavy (non-hydrogen) atoms. The lowest BCUT2D eigenvalue weighted by Crippen LogP contribution is -2.41. The van der Waals surface area contributed by atoms with Crippen LogP contribution < -0.4 is 0 Å². The molecule has 4 rings (SSSR count). The Hall–Kier alpha value is -2.38. The minimum atomic E-state index is -0.0239. The van der Waals surface area contributed by atoms with Crippen LogP contribution in [0.2, 0.25) is 0 Å². The van der Waals surface area contributed by atoms with Crippen molar-refractivity contribution in [2.24, 2.45) is 0 Å². The third kappa shape index (κ3) is 4.16. The predicted octanol–water partition coefficient (Wildman–Crippen LogP) is 4.32. The number of hydrogen-bond acceptors (Lipinski definition) is 5. The summed E-state index contributed by atoms with van der Waals surface area (Å²) in [4.78, 5) is 20.7. The van der Waals surface area contributed by atoms with Gasteiger partial charge in [0.25, 0.3) is 5.91 Å². The van der Waals surface area contributed by atoms with Crippen LogP contribution in [0.15, 0.2) is 41.5 Å². The van der Waals surface area contributed by atoms with E-state index in [1.807, 2.05) is 55.5 Å². The molecule has 2 aliphatic heterocycles. The summed E-state index contributed by atoms with van der Waals surface area (Å²) in [6, 6.07) is 5.73. The molecule has 154 valence electrons. The van der Waals surface area contributed by atoms with Crippen LogP contribution in [0, 0.1) is 0 Å². The van der Waals surface area contributed by atoms with Crippen molar-refractivity contribution >= 4 is 23.2 Å². The van der Waals surface area contributed by atoms with Gasteiger partial charge in [-0.15, -0.1) is 11.8 Å². The van der Waals surface area contributed by atoms with Gasteiger partial charge in [-0.1, -0.05) is 32.1 Å². The van der Waals surface area contributed by atoms with E-state index in [2.05, 4.69) is 17.1 Å². The van der Waals surface area contributed by atoms with Gasteiger partial charge in [-0.25, -0.2) is 9.67 Å². The number of nitrogens with zero attached hydrogens (tertiary/aromatic N) is 4. The fraction of sp³-hybridized carbons (Fsp3) is 0.409. The summed E-state index contributed by atoms with van der Waals surface area (Å²) >= 11 is 1.75. The number of hydrogen-bond donors (Lipinski definition) is 0. The largest absolute Gasteiger partial charge is 0.378 e. The molecule has 0 saturated carbocycles. The first-order chi connectivity index (χ1) is 14.2. The second kappa shape index (κ2) is 9.89. The van der Waals surface area contributed by atoms with Gasteiger partial charge in [-0.3, -0.25) is 4.79 Å². The summed E-state index contributed by atoms with van der Waals surface area (Å²) in [5.74, 6) is 1.42. The summed E-state index contributed by atoms with van der Waals surface area (Å²) in [7, 11) is 0. The van der Waals surface area contributed by atoms with Crippen LogP contribution in [0.25, 0.3) is 11.4 Å². The summed E-state index contributed by atoms with van der Waals surface area (Å²) in [5.41, 5.74) is 3.59. The SMILES string of the molecule is C/C=C1\C(=C/C)SCc2c(C(=O)N3CCOCC3)nn(-c3ccccn3)c21.CC. The summed E-state index contributed by atoms with van der Waals surface area (Å²) < 4.78 is 7.21. The van der Waals surface area contributed by atoms with E-state index in [0.29, 0.717) is 32.0 Å². The molecule has 2 aliphatic rings. The highest BCUT2D eigenvalue weighted by molar-refractivity contribution is 8.03. The van der Waals surface area contributed by atoms with Gasteiger partial charge in [0.1, 0.15) is 0 Å². The Morgan fingerprint density at radius 1 is 1.17 bits per heavy atom. The normalized spacial score (nSPS) is 19.0. The maximum atomic E-state index is 13.2. The van der Waals surface area contributed by atoms with E-state index in [1.165, 1.54) is 4.91 Å². The lowest BCUT2D eigenvalue weighted by molar-refractivity contribution is 0.0298. The standard InChI is InChI=1S/C20H22N4O2S.C2H6/c1-3-14-16(4-2)27-13-15-18(20(25)23-9-11-26-12-10-23)22-24(19(14)15)17-7-5-6-8-21-17;1-2/h3-8H,9-13H2,1-2H3;1-2H3/b14-3+,16-4+;. The van der Waals surface area contributed by atoms with Crippen molar-refractivity contribution in [1.29, 1.82) is 0 Å². The Morgan fingerprint density at radius 2 is 1.93 bits per heavy atom. The predicted molar refractivity (Wildman–Crippen MR) is 118 cm³/mol. The lowest BCUT2D eigenvalue weighted by atomic mass is 10.0. The first-order valence-electron chi connectivity index (χ1n) is 10.1. The Morgan fingerprint density at radius 3 is 2.55 bits per heavy atom. The molecule has 0 bridgehead atoms. The highest BCUT2D eigenvalue weighted by Crippen LogP contribution is 2.43. The molecule has 6 nitrogen and oxygen atoms in total. The number of amides is 1. The number of rotatable bonds is 2. The number of carbonyl (C=O) groups excluding carboxylic acids is 1. The maximum Gasteiger partial charge on any atom is 0.274 e. The van der Waals surface area contributed by atoms with Crippen molar-refractivity contribution < 1.29 is 9.53 Å². The zero-order valence-electron chi connectivity index (χ0n) is 17.5. The second-order valence-electron chi connectivity index (χ2n) is 6.32. The Bertz CT molecular complexity index is 912. The highest BCUT2D eigenvalue weighted by Gasteiger charge is 2.33. The zero-order valence-corrected chi connectivity index (χ0v) is 18.3. The lowest BCUT2D eigenvalue weighted by Gasteiger charge is -2.26. The fourth-order valence-corrected chi connectivity index (χ4v) is 4.57. The summed E-state index contributed by atoms with van der Waals surface area (Å²) in [6.45, 7) is 10.4. The van der Waals surface area contributed by atoms with Gasteiger partial charge in [-0.2, -0.15) is 5.10 Å². The molecule has 1 fully saturated rings. The van der Waals surface area contributed by atoms with E-state index in [-0.39, 0.29) is 5.91 Å². The molecule has 0 spiro atoms.